The zero-order valence-corrected chi connectivity index (χ0v) is 17.1. The molecule has 1 aliphatic rings. The normalized spacial score (nSPS) is 13.0. The predicted octanol–water partition coefficient (Wildman–Crippen LogP) is 4.33. The van der Waals surface area contributed by atoms with Crippen LogP contribution < -0.4 is 15.0 Å². The quantitative estimate of drug-likeness (QED) is 0.618. The van der Waals surface area contributed by atoms with E-state index in [1.165, 1.54) is 11.3 Å². The highest BCUT2D eigenvalue weighted by atomic mass is 79.9. The molecule has 0 saturated carbocycles. The highest BCUT2D eigenvalue weighted by Gasteiger charge is 2.25. The molecule has 1 N–H and O–H groups in total. The summed E-state index contributed by atoms with van der Waals surface area (Å²) in [4.78, 5) is 30.6. The number of carbonyl (C=O) groups excluding carboxylic acids is 2. The van der Waals surface area contributed by atoms with Crippen LogP contribution in [0.1, 0.15) is 6.42 Å². The number of nitrogens with zero attached hydrogens (tertiary/aromatic N) is 2. The second-order valence-corrected chi connectivity index (χ2v) is 7.92. The van der Waals surface area contributed by atoms with Gasteiger partial charge in [-0.25, -0.2) is 4.98 Å². The van der Waals surface area contributed by atoms with E-state index in [1.54, 1.807) is 4.90 Å². The summed E-state index contributed by atoms with van der Waals surface area (Å²) in [6.45, 7) is 0.274. The third-order valence-corrected chi connectivity index (χ3v) is 5.49. The smallest absolute Gasteiger partial charge is 0.265 e. The zero-order chi connectivity index (χ0) is 19.5. The summed E-state index contributed by atoms with van der Waals surface area (Å²) in [5.74, 6) is 0.311. The van der Waals surface area contributed by atoms with Gasteiger partial charge in [0.05, 0.1) is 11.4 Å². The Morgan fingerprint density at radius 3 is 2.96 bits per heavy atom. The Balaban J connectivity index is 1.39. The average Bonchev–Trinajstić information content (AvgIpc) is 3.15. The minimum Gasteiger partial charge on any atom is -0.482 e. The summed E-state index contributed by atoms with van der Waals surface area (Å²) in [5, 5.41) is 5.25. The molecule has 2 heterocycles. The molecule has 2 aromatic carbocycles. The lowest BCUT2D eigenvalue weighted by atomic mass is 10.2. The van der Waals surface area contributed by atoms with Gasteiger partial charge in [-0.15, -0.1) is 11.3 Å². The van der Waals surface area contributed by atoms with Crippen LogP contribution in [0.3, 0.4) is 0 Å². The number of amides is 2. The van der Waals surface area contributed by atoms with Crippen LogP contribution in [0.5, 0.6) is 5.75 Å². The topological polar surface area (TPSA) is 71.5 Å². The fourth-order valence-electron chi connectivity index (χ4n) is 2.91. The molecule has 0 radical (unpaired) electrons. The zero-order valence-electron chi connectivity index (χ0n) is 14.7. The molecule has 3 aromatic rings. The number of benzene rings is 2. The molecular weight excluding hydrogens is 442 g/mol. The van der Waals surface area contributed by atoms with Gasteiger partial charge < -0.3 is 15.0 Å². The molecule has 0 aliphatic carbocycles. The van der Waals surface area contributed by atoms with Crippen molar-refractivity contribution in [2.75, 3.05) is 23.4 Å². The highest BCUT2D eigenvalue weighted by Crippen LogP contribution is 2.31. The molecule has 8 heteroatoms. The lowest BCUT2D eigenvalue weighted by Gasteiger charge is -2.29. The van der Waals surface area contributed by atoms with Gasteiger partial charge >= 0.3 is 0 Å². The number of thiazole rings is 1. The number of halogens is 1. The highest BCUT2D eigenvalue weighted by molar-refractivity contribution is 9.10. The van der Waals surface area contributed by atoms with Crippen LogP contribution in [-0.2, 0) is 9.59 Å². The van der Waals surface area contributed by atoms with Crippen molar-refractivity contribution in [3.8, 4) is 17.0 Å². The molecule has 2 amide bonds. The maximum absolute atomic E-state index is 12.4. The summed E-state index contributed by atoms with van der Waals surface area (Å²) >= 11 is 4.82. The van der Waals surface area contributed by atoms with E-state index in [0.29, 0.717) is 16.6 Å². The SMILES string of the molecule is O=C(CCN1C(=O)COc2ccccc21)Nc1nc(-c2cccc(Br)c2)cs1. The van der Waals surface area contributed by atoms with E-state index in [9.17, 15) is 9.59 Å². The Morgan fingerprint density at radius 2 is 2.11 bits per heavy atom. The van der Waals surface area contributed by atoms with Gasteiger partial charge in [0.25, 0.3) is 5.91 Å². The first-order valence-corrected chi connectivity index (χ1v) is 10.3. The summed E-state index contributed by atoms with van der Waals surface area (Å²) in [7, 11) is 0. The minimum atomic E-state index is -0.188. The Hall–Kier alpha value is -2.71. The molecule has 0 atom stereocenters. The largest absolute Gasteiger partial charge is 0.482 e. The van der Waals surface area contributed by atoms with Gasteiger partial charge in [0.1, 0.15) is 5.75 Å². The van der Waals surface area contributed by atoms with Crippen LogP contribution in [0.4, 0.5) is 10.8 Å². The molecule has 0 fully saturated rings. The first kappa shape index (κ1) is 18.6. The van der Waals surface area contributed by atoms with Gasteiger partial charge in [0.15, 0.2) is 11.7 Å². The van der Waals surface area contributed by atoms with Crippen LogP contribution >= 0.6 is 27.3 Å². The van der Waals surface area contributed by atoms with E-state index in [2.05, 4.69) is 26.2 Å². The van der Waals surface area contributed by atoms with Crippen molar-refractivity contribution in [2.45, 2.75) is 6.42 Å². The molecule has 4 rings (SSSR count). The first-order valence-electron chi connectivity index (χ1n) is 8.64. The molecular formula is C20H16BrN3O3S. The van der Waals surface area contributed by atoms with Crippen molar-refractivity contribution in [3.05, 3.63) is 58.4 Å². The van der Waals surface area contributed by atoms with Gasteiger partial charge in [-0.05, 0) is 24.3 Å². The summed E-state index contributed by atoms with van der Waals surface area (Å²) in [6.07, 6.45) is 0.172. The second-order valence-electron chi connectivity index (χ2n) is 6.15. The van der Waals surface area contributed by atoms with Crippen LogP contribution in [0.25, 0.3) is 11.3 Å². The standard InChI is InChI=1S/C20H16BrN3O3S/c21-14-5-3-4-13(10-14)15-12-28-20(22-15)23-18(25)8-9-24-16-6-1-2-7-17(16)27-11-19(24)26/h1-7,10,12H,8-9,11H2,(H,22,23,25). The van der Waals surface area contributed by atoms with Crippen LogP contribution in [0.2, 0.25) is 0 Å². The van der Waals surface area contributed by atoms with Crippen molar-refractivity contribution in [3.63, 3.8) is 0 Å². The molecule has 0 unspecified atom stereocenters. The number of ether oxygens (including phenoxy) is 1. The number of carbonyl (C=O) groups is 2. The molecule has 28 heavy (non-hydrogen) atoms. The third kappa shape index (κ3) is 4.07. The molecule has 1 aromatic heterocycles. The molecule has 6 nitrogen and oxygen atoms in total. The Kier molecular flexibility index (Phi) is 5.40. The third-order valence-electron chi connectivity index (χ3n) is 4.24. The number of fused-ring (bicyclic) bond motifs is 1. The fourth-order valence-corrected chi connectivity index (χ4v) is 4.04. The lowest BCUT2D eigenvalue weighted by Crippen LogP contribution is -2.40. The van der Waals surface area contributed by atoms with Crippen LogP contribution in [0.15, 0.2) is 58.4 Å². The lowest BCUT2D eigenvalue weighted by molar-refractivity contribution is -0.121. The summed E-state index contributed by atoms with van der Waals surface area (Å²) < 4.78 is 6.39. The van der Waals surface area contributed by atoms with Gasteiger partial charge in [-0.2, -0.15) is 0 Å². The fraction of sp³-hybridized carbons (Fsp3) is 0.150. The second kappa shape index (κ2) is 8.12. The molecule has 1 aliphatic heterocycles. The van der Waals surface area contributed by atoms with E-state index < -0.39 is 0 Å². The molecule has 0 spiro atoms. The van der Waals surface area contributed by atoms with Gasteiger partial charge in [0, 0.05) is 28.4 Å². The number of hydrogen-bond donors (Lipinski definition) is 1. The number of aromatic nitrogens is 1. The average molecular weight is 458 g/mol. The number of nitrogens with one attached hydrogen (secondary N) is 1. The predicted molar refractivity (Wildman–Crippen MR) is 113 cm³/mol. The van der Waals surface area contributed by atoms with Gasteiger partial charge in [-0.1, -0.05) is 40.2 Å². The summed E-state index contributed by atoms with van der Waals surface area (Å²) in [6, 6.07) is 15.1. The Bertz CT molecular complexity index is 1040. The summed E-state index contributed by atoms with van der Waals surface area (Å²) in [5.41, 5.74) is 2.47. The first-order chi connectivity index (χ1) is 13.6. The monoisotopic (exact) mass is 457 g/mol. The van der Waals surface area contributed by atoms with Gasteiger partial charge in [0.2, 0.25) is 5.91 Å². The Labute approximate surface area is 174 Å². The van der Waals surface area contributed by atoms with Crippen molar-refractivity contribution in [2.24, 2.45) is 0 Å². The number of hydrogen-bond acceptors (Lipinski definition) is 5. The van der Waals surface area contributed by atoms with E-state index in [-0.39, 0.29) is 31.4 Å². The van der Waals surface area contributed by atoms with Crippen molar-refractivity contribution < 1.29 is 14.3 Å². The van der Waals surface area contributed by atoms with Crippen LogP contribution in [0, 0.1) is 0 Å². The van der Waals surface area contributed by atoms with E-state index in [1.807, 2.05) is 53.9 Å². The van der Waals surface area contributed by atoms with Crippen molar-refractivity contribution in [1.29, 1.82) is 0 Å². The van der Waals surface area contributed by atoms with Gasteiger partial charge in [-0.3, -0.25) is 9.59 Å². The van der Waals surface area contributed by atoms with Crippen molar-refractivity contribution >= 4 is 49.9 Å². The molecule has 0 saturated heterocycles. The maximum Gasteiger partial charge on any atom is 0.265 e. The van der Waals surface area contributed by atoms with E-state index in [0.717, 1.165) is 15.7 Å². The molecule has 142 valence electrons. The van der Waals surface area contributed by atoms with Crippen molar-refractivity contribution in [1.82, 2.24) is 4.98 Å². The number of rotatable bonds is 5. The van der Waals surface area contributed by atoms with E-state index >= 15 is 0 Å². The van der Waals surface area contributed by atoms with E-state index in [4.69, 9.17) is 4.74 Å². The van der Waals surface area contributed by atoms with Crippen LogP contribution in [-0.4, -0.2) is 29.9 Å². The molecule has 0 bridgehead atoms. The number of anilines is 2. The minimum absolute atomic E-state index is 0.0128. The Morgan fingerprint density at radius 1 is 1.25 bits per heavy atom. The number of para-hydroxylation sites is 2. The maximum atomic E-state index is 12.4.